The Balaban J connectivity index is 1.81. The van der Waals surface area contributed by atoms with Gasteiger partial charge >= 0.3 is 6.03 Å². The van der Waals surface area contributed by atoms with Gasteiger partial charge in [-0.15, -0.1) is 0 Å². The summed E-state index contributed by atoms with van der Waals surface area (Å²) in [5, 5.41) is 4.88. The minimum absolute atomic E-state index is 0.0513. The number of nitrogens with zero attached hydrogens (tertiary/aromatic N) is 2. The predicted octanol–water partition coefficient (Wildman–Crippen LogP) is -1.42. The molecule has 8 nitrogen and oxygen atoms in total. The number of aromatic nitrogens is 2. The number of hydrogen-bond donors (Lipinski definition) is 3. The molecule has 90 valence electrons. The molecule has 1 aromatic rings. The van der Waals surface area contributed by atoms with Gasteiger partial charge in [-0.05, 0) is 0 Å². The van der Waals surface area contributed by atoms with Crippen LogP contribution in [0.25, 0.3) is 0 Å². The maximum atomic E-state index is 11.5. The van der Waals surface area contributed by atoms with Crippen LogP contribution in [0.4, 0.5) is 4.79 Å². The van der Waals surface area contributed by atoms with E-state index in [1.165, 1.54) is 0 Å². The first-order valence-corrected chi connectivity index (χ1v) is 5.00. The Morgan fingerprint density at radius 2 is 2.35 bits per heavy atom. The molecule has 0 bridgehead atoms. The molecule has 4 amide bonds. The lowest BCUT2D eigenvalue weighted by molar-refractivity contribution is -0.130. The van der Waals surface area contributed by atoms with Gasteiger partial charge in [0.05, 0.1) is 13.1 Å². The molecule has 0 saturated carbocycles. The molecule has 1 fully saturated rings. The van der Waals surface area contributed by atoms with E-state index < -0.39 is 17.8 Å². The number of hydrogen-bond acceptors (Lipinski definition) is 4. The molecule has 1 aliphatic heterocycles. The number of imide groups is 1. The van der Waals surface area contributed by atoms with Crippen molar-refractivity contribution in [3.8, 4) is 0 Å². The van der Waals surface area contributed by atoms with Crippen molar-refractivity contribution in [1.29, 1.82) is 0 Å². The van der Waals surface area contributed by atoms with Crippen molar-refractivity contribution in [1.82, 2.24) is 25.5 Å². The normalized spacial score (nSPS) is 14.9. The molecular weight excluding hydrogens is 226 g/mol. The minimum Gasteiger partial charge on any atom is -0.347 e. The molecule has 1 aromatic heterocycles. The molecule has 0 spiro atoms. The highest BCUT2D eigenvalue weighted by Crippen LogP contribution is 1.98. The molecule has 0 atom stereocenters. The molecule has 0 unspecified atom stereocenters. The maximum Gasteiger partial charge on any atom is 0.325 e. The summed E-state index contributed by atoms with van der Waals surface area (Å²) >= 11 is 0. The topological polar surface area (TPSA) is 107 Å². The summed E-state index contributed by atoms with van der Waals surface area (Å²) in [5.74, 6) is -0.203. The first-order valence-electron chi connectivity index (χ1n) is 5.00. The van der Waals surface area contributed by atoms with Gasteiger partial charge in [0, 0.05) is 12.4 Å². The molecule has 0 radical (unpaired) electrons. The summed E-state index contributed by atoms with van der Waals surface area (Å²) in [5.41, 5.74) is 0. The number of urea groups is 1. The molecule has 0 aliphatic carbocycles. The van der Waals surface area contributed by atoms with Crippen LogP contribution in [0.2, 0.25) is 0 Å². The number of amides is 4. The van der Waals surface area contributed by atoms with Crippen molar-refractivity contribution in [2.45, 2.75) is 6.54 Å². The Morgan fingerprint density at radius 3 is 2.94 bits per heavy atom. The van der Waals surface area contributed by atoms with E-state index in [-0.39, 0.29) is 19.6 Å². The zero-order chi connectivity index (χ0) is 12.3. The molecule has 0 aromatic carbocycles. The highest BCUT2D eigenvalue weighted by molar-refractivity contribution is 6.04. The standard InChI is InChI=1S/C9H11N5O3/c15-7(12-3-6-10-1-2-11-6)5-14-8(16)4-13-9(14)17/h1-2H,3-5H2,(H,10,11)(H,12,15)(H,13,17). The number of H-pyrrole nitrogens is 1. The number of nitrogens with one attached hydrogen (secondary N) is 3. The Hall–Kier alpha value is -2.38. The predicted molar refractivity (Wildman–Crippen MR) is 55.5 cm³/mol. The largest absolute Gasteiger partial charge is 0.347 e. The van der Waals surface area contributed by atoms with Gasteiger partial charge in [0.1, 0.15) is 12.4 Å². The van der Waals surface area contributed by atoms with Crippen LogP contribution in [0, 0.1) is 0 Å². The van der Waals surface area contributed by atoms with Crippen molar-refractivity contribution >= 4 is 17.8 Å². The number of carbonyl (C=O) groups excluding carboxylic acids is 3. The summed E-state index contributed by atoms with van der Waals surface area (Å²) in [6.07, 6.45) is 3.21. The van der Waals surface area contributed by atoms with Crippen molar-refractivity contribution in [3.05, 3.63) is 18.2 Å². The summed E-state index contributed by atoms with van der Waals surface area (Å²) < 4.78 is 0. The average Bonchev–Trinajstić information content (AvgIpc) is 2.91. The summed E-state index contributed by atoms with van der Waals surface area (Å²) in [6, 6.07) is -0.539. The zero-order valence-corrected chi connectivity index (χ0v) is 8.90. The van der Waals surface area contributed by atoms with E-state index in [0.717, 1.165) is 4.90 Å². The maximum absolute atomic E-state index is 11.5. The number of carbonyl (C=O) groups is 3. The quantitative estimate of drug-likeness (QED) is 0.558. The second-order valence-electron chi connectivity index (χ2n) is 3.45. The lowest BCUT2D eigenvalue weighted by Gasteiger charge is -2.11. The second kappa shape index (κ2) is 4.64. The third-order valence-corrected chi connectivity index (χ3v) is 2.25. The Kier molecular flexibility index (Phi) is 3.03. The van der Waals surface area contributed by atoms with Gasteiger partial charge in [-0.25, -0.2) is 9.78 Å². The molecule has 8 heteroatoms. The van der Waals surface area contributed by atoms with Crippen molar-refractivity contribution in [2.75, 3.05) is 13.1 Å². The number of aromatic amines is 1. The third-order valence-electron chi connectivity index (χ3n) is 2.25. The van der Waals surface area contributed by atoms with Gasteiger partial charge in [-0.2, -0.15) is 0 Å². The van der Waals surface area contributed by atoms with Crippen LogP contribution in [0.15, 0.2) is 12.4 Å². The van der Waals surface area contributed by atoms with Crippen LogP contribution >= 0.6 is 0 Å². The first-order chi connectivity index (χ1) is 8.16. The van der Waals surface area contributed by atoms with Crippen LogP contribution in [-0.4, -0.2) is 45.8 Å². The van der Waals surface area contributed by atoms with Gasteiger partial charge in [0.25, 0.3) is 5.91 Å². The van der Waals surface area contributed by atoms with E-state index in [2.05, 4.69) is 20.6 Å². The fraction of sp³-hybridized carbons (Fsp3) is 0.333. The molecule has 3 N–H and O–H groups in total. The minimum atomic E-state index is -0.539. The Labute approximate surface area is 96.4 Å². The molecule has 2 rings (SSSR count). The van der Waals surface area contributed by atoms with E-state index >= 15 is 0 Å². The third kappa shape index (κ3) is 2.60. The molecule has 2 heterocycles. The van der Waals surface area contributed by atoms with Gasteiger partial charge < -0.3 is 15.6 Å². The van der Waals surface area contributed by atoms with Crippen molar-refractivity contribution < 1.29 is 14.4 Å². The summed E-state index contributed by atoms with van der Waals surface area (Å²) in [7, 11) is 0. The molecule has 1 saturated heterocycles. The number of imidazole rings is 1. The van der Waals surface area contributed by atoms with E-state index in [1.807, 2.05) is 0 Å². The van der Waals surface area contributed by atoms with E-state index in [4.69, 9.17) is 0 Å². The highest BCUT2D eigenvalue weighted by Gasteiger charge is 2.29. The average molecular weight is 237 g/mol. The summed E-state index contributed by atoms with van der Waals surface area (Å²) in [6.45, 7) is -0.0921. The van der Waals surface area contributed by atoms with Crippen molar-refractivity contribution in [2.24, 2.45) is 0 Å². The molecular formula is C9H11N5O3. The van der Waals surface area contributed by atoms with Crippen molar-refractivity contribution in [3.63, 3.8) is 0 Å². The lowest BCUT2D eigenvalue weighted by Crippen LogP contribution is -2.40. The van der Waals surface area contributed by atoms with Crippen LogP contribution < -0.4 is 10.6 Å². The van der Waals surface area contributed by atoms with E-state index in [9.17, 15) is 14.4 Å². The Bertz CT molecular complexity index is 425. The molecule has 17 heavy (non-hydrogen) atoms. The van der Waals surface area contributed by atoms with Crippen LogP contribution in [0.5, 0.6) is 0 Å². The van der Waals surface area contributed by atoms with Gasteiger partial charge in [-0.3, -0.25) is 14.5 Å². The van der Waals surface area contributed by atoms with Gasteiger partial charge in [0.15, 0.2) is 0 Å². The van der Waals surface area contributed by atoms with Crippen LogP contribution in [0.1, 0.15) is 5.82 Å². The second-order valence-corrected chi connectivity index (χ2v) is 3.45. The van der Waals surface area contributed by atoms with E-state index in [1.54, 1.807) is 12.4 Å². The SMILES string of the molecule is O=C(CN1C(=O)CNC1=O)NCc1ncc[nH]1. The monoisotopic (exact) mass is 237 g/mol. The zero-order valence-electron chi connectivity index (χ0n) is 8.90. The van der Waals surface area contributed by atoms with Gasteiger partial charge in [0.2, 0.25) is 5.91 Å². The van der Waals surface area contributed by atoms with E-state index in [0.29, 0.717) is 5.82 Å². The summed E-state index contributed by atoms with van der Waals surface area (Å²) in [4.78, 5) is 41.4. The fourth-order valence-corrected chi connectivity index (χ4v) is 1.39. The van der Waals surface area contributed by atoms with Crippen LogP contribution in [-0.2, 0) is 16.1 Å². The van der Waals surface area contributed by atoms with Gasteiger partial charge in [-0.1, -0.05) is 0 Å². The molecule has 1 aliphatic rings. The fourth-order valence-electron chi connectivity index (χ4n) is 1.39. The smallest absolute Gasteiger partial charge is 0.325 e. The Morgan fingerprint density at radius 1 is 1.53 bits per heavy atom. The highest BCUT2D eigenvalue weighted by atomic mass is 16.2. The first kappa shape index (κ1) is 11.1. The van der Waals surface area contributed by atoms with Crippen LogP contribution in [0.3, 0.4) is 0 Å². The number of rotatable bonds is 4. The lowest BCUT2D eigenvalue weighted by atomic mass is 10.4.